The summed E-state index contributed by atoms with van der Waals surface area (Å²) in [6, 6.07) is 7.83. The van der Waals surface area contributed by atoms with Gasteiger partial charge >= 0.3 is 0 Å². The quantitative estimate of drug-likeness (QED) is 0.700. The van der Waals surface area contributed by atoms with Crippen LogP contribution in [-0.4, -0.2) is 19.8 Å². The summed E-state index contributed by atoms with van der Waals surface area (Å²) < 4.78 is 1.65. The molecule has 0 unspecified atom stereocenters. The molecule has 0 saturated heterocycles. The maximum atomic E-state index is 5.63. The van der Waals surface area contributed by atoms with Gasteiger partial charge in [0, 0.05) is 12.1 Å². The molecule has 86 valence electrons. The Bertz CT molecular complexity index is 653. The van der Waals surface area contributed by atoms with Crippen LogP contribution in [0.3, 0.4) is 0 Å². The van der Waals surface area contributed by atoms with Gasteiger partial charge in [0.15, 0.2) is 5.82 Å². The lowest BCUT2D eigenvalue weighted by molar-refractivity contribution is 0.972. The summed E-state index contributed by atoms with van der Waals surface area (Å²) in [6.45, 7) is 0.527. The van der Waals surface area contributed by atoms with E-state index in [1.165, 1.54) is 11.3 Å². The Morgan fingerprint density at radius 3 is 2.65 bits per heavy atom. The topological polar surface area (TPSA) is 95.1 Å². The smallest absolute Gasteiger partial charge is 0.236 e. The largest absolute Gasteiger partial charge is 0.374 e. The SMILES string of the molecule is NCc1ccc(-c2nnc3sc(N)nn23)cc1. The maximum Gasteiger partial charge on any atom is 0.236 e. The first-order valence-electron chi connectivity index (χ1n) is 5.05. The number of hydrogen-bond acceptors (Lipinski definition) is 6. The first kappa shape index (κ1) is 10.2. The van der Waals surface area contributed by atoms with Crippen molar-refractivity contribution in [1.82, 2.24) is 19.8 Å². The molecule has 0 atom stereocenters. The molecular weight excluding hydrogens is 236 g/mol. The van der Waals surface area contributed by atoms with E-state index >= 15 is 0 Å². The molecule has 0 amide bonds. The Hall–Kier alpha value is -1.99. The van der Waals surface area contributed by atoms with E-state index in [9.17, 15) is 0 Å². The Balaban J connectivity index is 2.12. The van der Waals surface area contributed by atoms with Gasteiger partial charge in [0.05, 0.1) is 0 Å². The lowest BCUT2D eigenvalue weighted by Gasteiger charge is -1.99. The molecule has 1 aromatic carbocycles. The van der Waals surface area contributed by atoms with Crippen molar-refractivity contribution in [3.63, 3.8) is 0 Å². The second-order valence-corrected chi connectivity index (χ2v) is 4.55. The van der Waals surface area contributed by atoms with Crippen LogP contribution in [0, 0.1) is 0 Å². The molecular formula is C10H10N6S. The molecule has 3 rings (SSSR count). The van der Waals surface area contributed by atoms with E-state index in [0.29, 0.717) is 22.5 Å². The second kappa shape index (κ2) is 3.79. The molecule has 6 nitrogen and oxygen atoms in total. The molecule has 17 heavy (non-hydrogen) atoms. The standard InChI is InChI=1S/C10H10N6S/c11-5-6-1-3-7(4-2-6)8-13-14-10-16(8)15-9(12)17-10/h1-4H,5,11H2,(H2,12,15). The third kappa shape index (κ3) is 1.65. The molecule has 3 aromatic rings. The van der Waals surface area contributed by atoms with Crippen LogP contribution in [0.5, 0.6) is 0 Å². The number of hydrogen-bond donors (Lipinski definition) is 2. The van der Waals surface area contributed by atoms with E-state index in [1.54, 1.807) is 4.52 Å². The molecule has 0 spiro atoms. The summed E-state index contributed by atoms with van der Waals surface area (Å²) in [5.41, 5.74) is 13.2. The van der Waals surface area contributed by atoms with Gasteiger partial charge in [-0.3, -0.25) is 0 Å². The molecule has 0 bridgehead atoms. The van der Waals surface area contributed by atoms with Crippen molar-refractivity contribution in [2.75, 3.05) is 5.73 Å². The van der Waals surface area contributed by atoms with Crippen LogP contribution >= 0.6 is 11.3 Å². The predicted molar refractivity (Wildman–Crippen MR) is 66.4 cm³/mol. The van der Waals surface area contributed by atoms with Gasteiger partial charge in [-0.25, -0.2) is 0 Å². The van der Waals surface area contributed by atoms with Crippen LogP contribution in [0.4, 0.5) is 5.13 Å². The van der Waals surface area contributed by atoms with E-state index in [4.69, 9.17) is 11.5 Å². The van der Waals surface area contributed by atoms with Crippen LogP contribution < -0.4 is 11.5 Å². The summed E-state index contributed by atoms with van der Waals surface area (Å²) in [5, 5.41) is 12.8. The number of nitrogen functional groups attached to an aromatic ring is 1. The molecule has 2 heterocycles. The van der Waals surface area contributed by atoms with E-state index < -0.39 is 0 Å². The first-order valence-corrected chi connectivity index (χ1v) is 5.86. The lowest BCUT2D eigenvalue weighted by atomic mass is 10.1. The summed E-state index contributed by atoms with van der Waals surface area (Å²) in [7, 11) is 0. The highest BCUT2D eigenvalue weighted by molar-refractivity contribution is 7.20. The molecule has 0 aliphatic heterocycles. The highest BCUT2D eigenvalue weighted by atomic mass is 32.1. The minimum atomic E-state index is 0.481. The third-order valence-electron chi connectivity index (χ3n) is 2.45. The average Bonchev–Trinajstić information content (AvgIpc) is 2.88. The van der Waals surface area contributed by atoms with Crippen LogP contribution in [-0.2, 0) is 6.54 Å². The van der Waals surface area contributed by atoms with Crippen LogP contribution in [0.1, 0.15) is 5.56 Å². The van der Waals surface area contributed by atoms with Gasteiger partial charge in [0.1, 0.15) is 0 Å². The zero-order chi connectivity index (χ0) is 11.8. The van der Waals surface area contributed by atoms with Crippen molar-refractivity contribution < 1.29 is 0 Å². The Morgan fingerprint density at radius 1 is 1.18 bits per heavy atom. The van der Waals surface area contributed by atoms with Crippen molar-refractivity contribution >= 4 is 21.4 Å². The fraction of sp³-hybridized carbons (Fsp3) is 0.100. The normalized spacial score (nSPS) is 11.1. The molecule has 2 aromatic heterocycles. The first-order chi connectivity index (χ1) is 8.28. The number of nitrogens with zero attached hydrogens (tertiary/aromatic N) is 4. The number of fused-ring (bicyclic) bond motifs is 1. The lowest BCUT2D eigenvalue weighted by Crippen LogP contribution is -1.96. The van der Waals surface area contributed by atoms with Gasteiger partial charge in [-0.15, -0.1) is 15.3 Å². The number of nitrogens with two attached hydrogens (primary N) is 2. The molecule has 0 fully saturated rings. The number of benzene rings is 1. The number of anilines is 1. The molecule has 0 aliphatic rings. The summed E-state index contributed by atoms with van der Waals surface area (Å²) in [5.74, 6) is 0.691. The summed E-state index contributed by atoms with van der Waals surface area (Å²) >= 11 is 1.31. The molecule has 0 radical (unpaired) electrons. The van der Waals surface area contributed by atoms with Crippen molar-refractivity contribution in [3.05, 3.63) is 29.8 Å². The Morgan fingerprint density at radius 2 is 1.94 bits per heavy atom. The van der Waals surface area contributed by atoms with Gasteiger partial charge in [-0.2, -0.15) is 4.52 Å². The molecule has 4 N–H and O–H groups in total. The van der Waals surface area contributed by atoms with E-state index in [2.05, 4.69) is 15.3 Å². The van der Waals surface area contributed by atoms with E-state index in [0.717, 1.165) is 11.1 Å². The van der Waals surface area contributed by atoms with Crippen LogP contribution in [0.2, 0.25) is 0 Å². The molecule has 0 saturated carbocycles. The van der Waals surface area contributed by atoms with Crippen molar-refractivity contribution in [3.8, 4) is 11.4 Å². The van der Waals surface area contributed by atoms with Crippen molar-refractivity contribution in [2.24, 2.45) is 5.73 Å². The molecule has 7 heteroatoms. The fourth-order valence-electron chi connectivity index (χ4n) is 1.60. The third-order valence-corrected chi connectivity index (χ3v) is 3.18. The summed E-state index contributed by atoms with van der Waals surface area (Å²) in [6.07, 6.45) is 0. The summed E-state index contributed by atoms with van der Waals surface area (Å²) in [4.78, 5) is 0.695. The zero-order valence-corrected chi connectivity index (χ0v) is 9.68. The maximum absolute atomic E-state index is 5.63. The fourth-order valence-corrected chi connectivity index (χ4v) is 2.21. The van der Waals surface area contributed by atoms with Crippen LogP contribution in [0.15, 0.2) is 24.3 Å². The van der Waals surface area contributed by atoms with Crippen molar-refractivity contribution in [1.29, 1.82) is 0 Å². The highest BCUT2D eigenvalue weighted by Gasteiger charge is 2.11. The predicted octanol–water partition coefficient (Wildman–Crippen LogP) is 0.894. The highest BCUT2D eigenvalue weighted by Crippen LogP contribution is 2.22. The van der Waals surface area contributed by atoms with Gasteiger partial charge in [0.25, 0.3) is 0 Å². The van der Waals surface area contributed by atoms with Crippen LogP contribution in [0.25, 0.3) is 16.3 Å². The zero-order valence-electron chi connectivity index (χ0n) is 8.87. The monoisotopic (exact) mass is 246 g/mol. The van der Waals surface area contributed by atoms with E-state index in [-0.39, 0.29) is 0 Å². The van der Waals surface area contributed by atoms with E-state index in [1.807, 2.05) is 24.3 Å². The Kier molecular flexibility index (Phi) is 2.27. The van der Waals surface area contributed by atoms with Gasteiger partial charge in [-0.05, 0) is 5.56 Å². The van der Waals surface area contributed by atoms with Gasteiger partial charge < -0.3 is 11.5 Å². The minimum Gasteiger partial charge on any atom is -0.374 e. The number of rotatable bonds is 2. The van der Waals surface area contributed by atoms with Gasteiger partial charge in [0.2, 0.25) is 10.1 Å². The average molecular weight is 246 g/mol. The second-order valence-electron chi connectivity index (χ2n) is 3.56. The Labute approximate surface area is 101 Å². The van der Waals surface area contributed by atoms with Crippen molar-refractivity contribution in [2.45, 2.75) is 6.54 Å². The number of aromatic nitrogens is 4. The molecule has 0 aliphatic carbocycles. The van der Waals surface area contributed by atoms with Gasteiger partial charge in [-0.1, -0.05) is 35.6 Å². The minimum absolute atomic E-state index is 0.481.